The molecule has 2 aromatic carbocycles. The summed E-state index contributed by atoms with van der Waals surface area (Å²) in [7, 11) is 0. The van der Waals surface area contributed by atoms with Gasteiger partial charge in [-0.25, -0.2) is 18.0 Å². The molecule has 1 N–H and O–H groups in total. The number of hydrogen-bond donors (Lipinski definition) is 1. The van der Waals surface area contributed by atoms with Gasteiger partial charge in [0, 0.05) is 17.7 Å². The van der Waals surface area contributed by atoms with E-state index >= 15 is 0 Å². The average Bonchev–Trinajstić information content (AvgIpc) is 2.55. The van der Waals surface area contributed by atoms with E-state index in [2.05, 4.69) is 10.1 Å². The first-order chi connectivity index (χ1) is 11.5. The zero-order chi connectivity index (χ0) is 17.5. The molecule has 24 heavy (non-hydrogen) atoms. The maximum atomic E-state index is 13.3. The molecule has 0 atom stereocenters. The normalized spacial score (nSPS) is 10.6. The van der Waals surface area contributed by atoms with Crippen LogP contribution in [0, 0.1) is 17.5 Å². The molecular weight excluding hydrogens is 323 g/mol. The van der Waals surface area contributed by atoms with Crippen molar-refractivity contribution in [1.82, 2.24) is 0 Å². The van der Waals surface area contributed by atoms with Crippen molar-refractivity contribution in [2.24, 2.45) is 0 Å². The molecule has 0 aliphatic carbocycles. The van der Waals surface area contributed by atoms with E-state index in [9.17, 15) is 22.8 Å². The summed E-state index contributed by atoms with van der Waals surface area (Å²) in [6.07, 6.45) is 2.15. The highest BCUT2D eigenvalue weighted by Crippen LogP contribution is 2.15. The molecule has 1 amide bonds. The van der Waals surface area contributed by atoms with Crippen LogP contribution in [0.15, 0.2) is 48.5 Å². The Morgan fingerprint density at radius 3 is 2.54 bits per heavy atom. The minimum atomic E-state index is -0.881. The van der Waals surface area contributed by atoms with Crippen LogP contribution in [-0.4, -0.2) is 18.5 Å². The van der Waals surface area contributed by atoms with E-state index in [1.807, 2.05) is 0 Å². The summed E-state index contributed by atoms with van der Waals surface area (Å²) in [5.74, 6) is -3.78. The number of benzene rings is 2. The molecule has 0 unspecified atom stereocenters. The maximum Gasteiger partial charge on any atom is 0.331 e. The lowest BCUT2D eigenvalue weighted by Crippen LogP contribution is -2.20. The summed E-state index contributed by atoms with van der Waals surface area (Å²) in [6.45, 7) is -0.698. The summed E-state index contributed by atoms with van der Waals surface area (Å²) >= 11 is 0. The van der Waals surface area contributed by atoms with E-state index in [4.69, 9.17) is 0 Å². The molecule has 0 bridgehead atoms. The Hall–Kier alpha value is -3.09. The van der Waals surface area contributed by atoms with Crippen LogP contribution in [0.4, 0.5) is 18.9 Å². The number of esters is 1. The van der Waals surface area contributed by atoms with E-state index in [1.165, 1.54) is 24.3 Å². The molecule has 4 nitrogen and oxygen atoms in total. The fourth-order valence-corrected chi connectivity index (χ4v) is 1.73. The third kappa shape index (κ3) is 4.98. The Kier molecular flexibility index (Phi) is 5.73. The van der Waals surface area contributed by atoms with Crippen molar-refractivity contribution in [2.75, 3.05) is 11.9 Å². The van der Waals surface area contributed by atoms with E-state index in [0.717, 1.165) is 24.3 Å². The molecule has 0 aliphatic heterocycles. The molecule has 0 aliphatic rings. The highest BCUT2D eigenvalue weighted by molar-refractivity contribution is 5.94. The minimum Gasteiger partial charge on any atom is -0.452 e. The van der Waals surface area contributed by atoms with Crippen molar-refractivity contribution in [3.05, 3.63) is 71.6 Å². The van der Waals surface area contributed by atoms with Crippen molar-refractivity contribution in [1.29, 1.82) is 0 Å². The highest BCUT2D eigenvalue weighted by atomic mass is 19.1. The van der Waals surface area contributed by atoms with Gasteiger partial charge >= 0.3 is 5.97 Å². The monoisotopic (exact) mass is 335 g/mol. The predicted molar refractivity (Wildman–Crippen MR) is 81.4 cm³/mol. The lowest BCUT2D eigenvalue weighted by Gasteiger charge is -2.06. The smallest absolute Gasteiger partial charge is 0.331 e. The van der Waals surface area contributed by atoms with Crippen LogP contribution in [0.3, 0.4) is 0 Å². The number of anilines is 1. The third-order valence-corrected chi connectivity index (χ3v) is 2.85. The van der Waals surface area contributed by atoms with Crippen LogP contribution in [-0.2, 0) is 14.3 Å². The molecule has 0 spiro atoms. The second-order valence-corrected chi connectivity index (χ2v) is 4.63. The first-order valence-corrected chi connectivity index (χ1v) is 6.80. The summed E-state index contributed by atoms with van der Waals surface area (Å²) in [5, 5.41) is 2.07. The summed E-state index contributed by atoms with van der Waals surface area (Å²) < 4.78 is 44.3. The largest absolute Gasteiger partial charge is 0.452 e. The van der Waals surface area contributed by atoms with Gasteiger partial charge in [-0.3, -0.25) is 4.79 Å². The Morgan fingerprint density at radius 1 is 1.04 bits per heavy atom. The quantitative estimate of drug-likeness (QED) is 0.674. The minimum absolute atomic E-state index is 0.181. The zero-order valence-corrected chi connectivity index (χ0v) is 12.3. The third-order valence-electron chi connectivity index (χ3n) is 2.85. The van der Waals surface area contributed by atoms with Gasteiger partial charge in [-0.05, 0) is 24.3 Å². The van der Waals surface area contributed by atoms with Crippen LogP contribution in [0.5, 0.6) is 0 Å². The van der Waals surface area contributed by atoms with Crippen molar-refractivity contribution in [2.45, 2.75) is 0 Å². The zero-order valence-electron chi connectivity index (χ0n) is 12.3. The van der Waals surface area contributed by atoms with E-state index in [1.54, 1.807) is 6.07 Å². The van der Waals surface area contributed by atoms with Crippen molar-refractivity contribution in [3.8, 4) is 0 Å². The summed E-state index contributed by atoms with van der Waals surface area (Å²) in [4.78, 5) is 23.0. The molecule has 0 heterocycles. The number of ether oxygens (including phenoxy) is 1. The summed E-state index contributed by atoms with van der Waals surface area (Å²) in [5.41, 5.74) is -0.182. The number of nitrogens with one attached hydrogen (secondary N) is 1. The number of carbonyl (C=O) groups excluding carboxylic acids is 2. The number of carbonyl (C=O) groups is 2. The second kappa shape index (κ2) is 7.96. The molecule has 124 valence electrons. The highest BCUT2D eigenvalue weighted by Gasteiger charge is 2.10. The van der Waals surface area contributed by atoms with E-state index in [-0.39, 0.29) is 11.3 Å². The van der Waals surface area contributed by atoms with Crippen LogP contribution >= 0.6 is 0 Å². The Bertz CT molecular complexity index is 790. The van der Waals surface area contributed by atoms with Gasteiger partial charge in [-0.1, -0.05) is 18.2 Å². The second-order valence-electron chi connectivity index (χ2n) is 4.63. The SMILES string of the molecule is O=C(COC(=O)/C=C/c1ccccc1F)Nc1cc(F)ccc1F. The van der Waals surface area contributed by atoms with Gasteiger partial charge in [0.1, 0.15) is 17.5 Å². The number of halogens is 3. The number of rotatable bonds is 5. The van der Waals surface area contributed by atoms with Crippen LogP contribution in [0.1, 0.15) is 5.56 Å². The molecule has 7 heteroatoms. The van der Waals surface area contributed by atoms with E-state index in [0.29, 0.717) is 0 Å². The summed E-state index contributed by atoms with van der Waals surface area (Å²) in [6, 6.07) is 8.33. The Balaban J connectivity index is 1.86. The van der Waals surface area contributed by atoms with Crippen molar-refractivity contribution >= 4 is 23.6 Å². The molecule has 2 rings (SSSR count). The van der Waals surface area contributed by atoms with Crippen LogP contribution < -0.4 is 5.32 Å². The van der Waals surface area contributed by atoms with Gasteiger partial charge in [-0.2, -0.15) is 0 Å². The van der Waals surface area contributed by atoms with Gasteiger partial charge in [0.15, 0.2) is 6.61 Å². The fraction of sp³-hybridized carbons (Fsp3) is 0.0588. The van der Waals surface area contributed by atoms with Crippen LogP contribution in [0.25, 0.3) is 6.08 Å². The van der Waals surface area contributed by atoms with Gasteiger partial charge in [0.05, 0.1) is 5.69 Å². The molecule has 0 saturated heterocycles. The molecule has 2 aromatic rings. The van der Waals surface area contributed by atoms with Crippen molar-refractivity contribution in [3.63, 3.8) is 0 Å². The lowest BCUT2D eigenvalue weighted by molar-refractivity contribution is -0.142. The maximum absolute atomic E-state index is 13.3. The lowest BCUT2D eigenvalue weighted by atomic mass is 10.2. The first-order valence-electron chi connectivity index (χ1n) is 6.80. The molecular formula is C17H12F3NO3. The molecule has 0 saturated carbocycles. The van der Waals surface area contributed by atoms with Gasteiger partial charge in [0.2, 0.25) is 0 Å². The topological polar surface area (TPSA) is 55.4 Å². The molecule has 0 aromatic heterocycles. The molecule has 0 fully saturated rings. The number of hydrogen-bond acceptors (Lipinski definition) is 3. The van der Waals surface area contributed by atoms with Crippen LogP contribution in [0.2, 0.25) is 0 Å². The first kappa shape index (κ1) is 17.3. The standard InChI is InChI=1S/C17H12F3NO3/c18-12-6-7-14(20)15(9-12)21-16(22)10-24-17(23)8-5-11-3-1-2-4-13(11)19/h1-9H,10H2,(H,21,22)/b8-5+. The fourth-order valence-electron chi connectivity index (χ4n) is 1.73. The van der Waals surface area contributed by atoms with Gasteiger partial charge < -0.3 is 10.1 Å². The van der Waals surface area contributed by atoms with Gasteiger partial charge in [-0.15, -0.1) is 0 Å². The number of amides is 1. The van der Waals surface area contributed by atoms with Crippen molar-refractivity contribution < 1.29 is 27.5 Å². The average molecular weight is 335 g/mol. The van der Waals surface area contributed by atoms with E-state index < -0.39 is 35.9 Å². The molecule has 0 radical (unpaired) electrons. The Labute approximate surface area is 135 Å². The predicted octanol–water partition coefficient (Wildman–Crippen LogP) is 3.30. The van der Waals surface area contributed by atoms with Gasteiger partial charge in [0.25, 0.3) is 5.91 Å². The Morgan fingerprint density at radius 2 is 1.79 bits per heavy atom.